The van der Waals surface area contributed by atoms with Crippen LogP contribution in [0.25, 0.3) is 0 Å². The Hall–Kier alpha value is -1.73. The molecular formula is C14H16BrN5O. The SMILES string of the molecule is O=C(Nc1ccc(Br)cc1)c1cn(C2CCNCC2)nn1. The molecule has 2 N–H and O–H groups in total. The second-order valence-corrected chi connectivity index (χ2v) is 5.94. The number of piperidine rings is 1. The first kappa shape index (κ1) is 14.2. The van der Waals surface area contributed by atoms with E-state index in [0.717, 1.165) is 36.1 Å². The van der Waals surface area contributed by atoms with Crippen molar-refractivity contribution in [1.29, 1.82) is 0 Å². The first-order valence-corrected chi connectivity index (χ1v) is 7.71. The zero-order valence-electron chi connectivity index (χ0n) is 11.4. The number of hydrogen-bond acceptors (Lipinski definition) is 4. The molecule has 1 saturated heterocycles. The summed E-state index contributed by atoms with van der Waals surface area (Å²) in [5.74, 6) is -0.238. The molecule has 6 nitrogen and oxygen atoms in total. The fraction of sp³-hybridized carbons (Fsp3) is 0.357. The van der Waals surface area contributed by atoms with E-state index in [4.69, 9.17) is 0 Å². The summed E-state index contributed by atoms with van der Waals surface area (Å²) < 4.78 is 2.77. The van der Waals surface area contributed by atoms with E-state index in [1.807, 2.05) is 24.3 Å². The maximum atomic E-state index is 12.1. The van der Waals surface area contributed by atoms with Crippen LogP contribution in [0.5, 0.6) is 0 Å². The van der Waals surface area contributed by atoms with Crippen molar-refractivity contribution in [2.24, 2.45) is 0 Å². The normalized spacial score (nSPS) is 15.9. The minimum absolute atomic E-state index is 0.238. The molecule has 110 valence electrons. The molecule has 21 heavy (non-hydrogen) atoms. The first-order chi connectivity index (χ1) is 10.2. The number of aromatic nitrogens is 3. The summed E-state index contributed by atoms with van der Waals surface area (Å²) in [5.41, 5.74) is 1.08. The predicted molar refractivity (Wildman–Crippen MR) is 83.3 cm³/mol. The molecule has 3 rings (SSSR count). The predicted octanol–water partition coefficient (Wildman–Crippen LogP) is 2.22. The molecule has 1 fully saturated rings. The summed E-state index contributed by atoms with van der Waals surface area (Å²) in [4.78, 5) is 12.1. The van der Waals surface area contributed by atoms with E-state index < -0.39 is 0 Å². The van der Waals surface area contributed by atoms with Crippen molar-refractivity contribution in [2.75, 3.05) is 18.4 Å². The summed E-state index contributed by atoms with van der Waals surface area (Å²) in [5, 5.41) is 14.2. The molecule has 1 aromatic heterocycles. The lowest BCUT2D eigenvalue weighted by Gasteiger charge is -2.22. The summed E-state index contributed by atoms with van der Waals surface area (Å²) in [6, 6.07) is 7.74. The Kier molecular flexibility index (Phi) is 4.31. The van der Waals surface area contributed by atoms with E-state index in [0.29, 0.717) is 11.7 Å². The Morgan fingerprint density at radius 3 is 2.71 bits per heavy atom. The lowest BCUT2D eigenvalue weighted by Crippen LogP contribution is -2.29. The highest BCUT2D eigenvalue weighted by Crippen LogP contribution is 2.18. The summed E-state index contributed by atoms with van der Waals surface area (Å²) in [6.45, 7) is 1.95. The molecule has 1 aliphatic heterocycles. The Bertz CT molecular complexity index is 619. The molecule has 0 bridgehead atoms. The van der Waals surface area contributed by atoms with Gasteiger partial charge in [0, 0.05) is 10.2 Å². The number of amides is 1. The number of nitrogens with one attached hydrogen (secondary N) is 2. The standard InChI is InChI=1S/C14H16BrN5O/c15-10-1-3-11(4-2-10)17-14(21)13-9-20(19-18-13)12-5-7-16-8-6-12/h1-4,9,12,16H,5-8H2,(H,17,21). The van der Waals surface area contributed by atoms with Crippen LogP contribution in [0.2, 0.25) is 0 Å². The molecule has 0 spiro atoms. The second kappa shape index (κ2) is 6.36. The van der Waals surface area contributed by atoms with E-state index in [-0.39, 0.29) is 5.91 Å². The van der Waals surface area contributed by atoms with Crippen LogP contribution in [0.4, 0.5) is 5.69 Å². The maximum absolute atomic E-state index is 12.1. The minimum atomic E-state index is -0.238. The van der Waals surface area contributed by atoms with Gasteiger partial charge in [-0.2, -0.15) is 0 Å². The average Bonchev–Trinajstić information content (AvgIpc) is 3.00. The van der Waals surface area contributed by atoms with E-state index in [9.17, 15) is 4.79 Å². The van der Waals surface area contributed by atoms with Crippen LogP contribution in [0.1, 0.15) is 29.4 Å². The van der Waals surface area contributed by atoms with Gasteiger partial charge in [-0.25, -0.2) is 4.68 Å². The van der Waals surface area contributed by atoms with Gasteiger partial charge in [-0.15, -0.1) is 5.10 Å². The van der Waals surface area contributed by atoms with Gasteiger partial charge in [0.1, 0.15) is 0 Å². The van der Waals surface area contributed by atoms with Gasteiger partial charge in [-0.1, -0.05) is 21.1 Å². The van der Waals surface area contributed by atoms with Crippen LogP contribution in [-0.2, 0) is 0 Å². The number of carbonyl (C=O) groups is 1. The Balaban J connectivity index is 1.67. The van der Waals surface area contributed by atoms with Crippen LogP contribution < -0.4 is 10.6 Å². The molecule has 7 heteroatoms. The van der Waals surface area contributed by atoms with Crippen LogP contribution >= 0.6 is 15.9 Å². The lowest BCUT2D eigenvalue weighted by molar-refractivity contribution is 0.102. The van der Waals surface area contributed by atoms with E-state index in [2.05, 4.69) is 36.9 Å². The highest BCUT2D eigenvalue weighted by Gasteiger charge is 2.18. The third kappa shape index (κ3) is 3.48. The molecule has 0 unspecified atom stereocenters. The number of nitrogens with zero attached hydrogens (tertiary/aromatic N) is 3. The molecule has 0 saturated carbocycles. The highest BCUT2D eigenvalue weighted by atomic mass is 79.9. The lowest BCUT2D eigenvalue weighted by atomic mass is 10.1. The fourth-order valence-electron chi connectivity index (χ4n) is 2.36. The molecule has 0 aliphatic carbocycles. The number of halogens is 1. The molecule has 1 aliphatic rings. The highest BCUT2D eigenvalue weighted by molar-refractivity contribution is 9.10. The van der Waals surface area contributed by atoms with Crippen LogP contribution in [-0.4, -0.2) is 34.0 Å². The third-order valence-corrected chi connectivity index (χ3v) is 4.06. The van der Waals surface area contributed by atoms with Gasteiger partial charge in [-0.05, 0) is 50.2 Å². The van der Waals surface area contributed by atoms with Crippen molar-refractivity contribution < 1.29 is 4.79 Å². The zero-order valence-corrected chi connectivity index (χ0v) is 13.0. The molecule has 1 amide bonds. The topological polar surface area (TPSA) is 71.8 Å². The van der Waals surface area contributed by atoms with Crippen LogP contribution in [0.15, 0.2) is 34.9 Å². The first-order valence-electron chi connectivity index (χ1n) is 6.92. The Labute approximate surface area is 131 Å². The summed E-state index contributed by atoms with van der Waals surface area (Å²) in [6.07, 6.45) is 3.75. The smallest absolute Gasteiger partial charge is 0.277 e. The van der Waals surface area contributed by atoms with Crippen molar-refractivity contribution in [3.05, 3.63) is 40.6 Å². The largest absolute Gasteiger partial charge is 0.321 e. The average molecular weight is 350 g/mol. The van der Waals surface area contributed by atoms with E-state index in [1.165, 1.54) is 0 Å². The van der Waals surface area contributed by atoms with E-state index in [1.54, 1.807) is 10.9 Å². The molecule has 0 radical (unpaired) electrons. The van der Waals surface area contributed by atoms with Crippen molar-refractivity contribution in [3.8, 4) is 0 Å². The van der Waals surface area contributed by atoms with Gasteiger partial charge in [0.25, 0.3) is 5.91 Å². The van der Waals surface area contributed by atoms with Gasteiger partial charge < -0.3 is 10.6 Å². The number of carbonyl (C=O) groups excluding carboxylic acids is 1. The van der Waals surface area contributed by atoms with Crippen molar-refractivity contribution >= 4 is 27.5 Å². The van der Waals surface area contributed by atoms with Gasteiger partial charge in [0.2, 0.25) is 0 Å². The third-order valence-electron chi connectivity index (χ3n) is 3.53. The minimum Gasteiger partial charge on any atom is -0.321 e. The van der Waals surface area contributed by atoms with Gasteiger partial charge in [0.15, 0.2) is 5.69 Å². The molecule has 2 heterocycles. The monoisotopic (exact) mass is 349 g/mol. The summed E-state index contributed by atoms with van der Waals surface area (Å²) >= 11 is 3.36. The van der Waals surface area contributed by atoms with Gasteiger partial charge in [-0.3, -0.25) is 4.79 Å². The quantitative estimate of drug-likeness (QED) is 0.891. The van der Waals surface area contributed by atoms with Crippen molar-refractivity contribution in [1.82, 2.24) is 20.3 Å². The second-order valence-electron chi connectivity index (χ2n) is 5.03. The van der Waals surface area contributed by atoms with Crippen molar-refractivity contribution in [2.45, 2.75) is 18.9 Å². The zero-order chi connectivity index (χ0) is 14.7. The van der Waals surface area contributed by atoms with Crippen LogP contribution in [0, 0.1) is 0 Å². The Morgan fingerprint density at radius 1 is 1.29 bits per heavy atom. The number of rotatable bonds is 3. The molecule has 1 aromatic carbocycles. The number of hydrogen-bond donors (Lipinski definition) is 2. The molecule has 2 aromatic rings. The molecule has 0 atom stereocenters. The molecular weight excluding hydrogens is 334 g/mol. The van der Waals surface area contributed by atoms with Crippen molar-refractivity contribution in [3.63, 3.8) is 0 Å². The van der Waals surface area contributed by atoms with Crippen LogP contribution in [0.3, 0.4) is 0 Å². The van der Waals surface area contributed by atoms with Gasteiger partial charge >= 0.3 is 0 Å². The number of benzene rings is 1. The van der Waals surface area contributed by atoms with E-state index >= 15 is 0 Å². The van der Waals surface area contributed by atoms with Gasteiger partial charge in [0.05, 0.1) is 12.2 Å². The Morgan fingerprint density at radius 2 is 2.00 bits per heavy atom. The fourth-order valence-corrected chi connectivity index (χ4v) is 2.62. The maximum Gasteiger partial charge on any atom is 0.277 e. The number of anilines is 1. The summed E-state index contributed by atoms with van der Waals surface area (Å²) in [7, 11) is 0.